The molecule has 0 aliphatic rings. The van der Waals surface area contributed by atoms with Gasteiger partial charge in [-0.3, -0.25) is 0 Å². The molecule has 0 spiro atoms. The van der Waals surface area contributed by atoms with Crippen LogP contribution in [0.4, 0.5) is 0 Å². The second-order valence-corrected chi connectivity index (χ2v) is 3.08. The Kier molecular flexibility index (Phi) is 4.85. The zero-order chi connectivity index (χ0) is 3.41. The molecule has 0 atom stereocenters. The molecule has 0 radical (unpaired) electrons. The molecule has 0 fully saturated rings. The topological polar surface area (TPSA) is 17.1 Å². The Bertz CT molecular complexity index is 46.0. The van der Waals surface area contributed by atoms with E-state index in [4.69, 9.17) is 4.79 Å². The van der Waals surface area contributed by atoms with Crippen molar-refractivity contribution < 1.29 is 18.0 Å². The van der Waals surface area contributed by atoms with Crippen LogP contribution in [-0.2, 0) is 18.0 Å². The Hall–Kier alpha value is 0.933. The molecule has 0 amide bonds. The van der Waals surface area contributed by atoms with E-state index in [9.17, 15) is 0 Å². The van der Waals surface area contributed by atoms with E-state index in [-0.39, 0.29) is 13.2 Å². The van der Waals surface area contributed by atoms with Gasteiger partial charge in [-0.05, 0) is 0 Å². The van der Waals surface area contributed by atoms with Gasteiger partial charge >= 0.3 is 42.2 Å². The SMILES string of the molecule is O=[C]=[Ru][I]. The third-order valence-corrected chi connectivity index (χ3v) is 1.08. The average molecular weight is 256 g/mol. The summed E-state index contributed by atoms with van der Waals surface area (Å²) in [5, 5.41) is 0. The van der Waals surface area contributed by atoms with Crippen molar-refractivity contribution in [2.24, 2.45) is 0 Å². The van der Waals surface area contributed by atoms with Crippen LogP contribution in [0.2, 0.25) is 0 Å². The second kappa shape index (κ2) is 3.93. The summed E-state index contributed by atoms with van der Waals surface area (Å²) in [6.07, 6.45) is 0. The summed E-state index contributed by atoms with van der Waals surface area (Å²) in [6, 6.07) is 0. The van der Waals surface area contributed by atoms with Crippen molar-refractivity contribution in [1.82, 2.24) is 0 Å². The Morgan fingerprint density at radius 3 is 2.25 bits per heavy atom. The minimum atomic E-state index is -0.0961. The standard InChI is InChI=1S/CO.HI.Ru/c1-2;;/h;1H;/q;;+1/p-1. The number of carbonyl (C=O) groups excluding carboxylic acids is 1. The molecule has 0 aliphatic carbocycles. The van der Waals surface area contributed by atoms with E-state index < -0.39 is 0 Å². The first-order valence-electron chi connectivity index (χ1n) is 0.515. The molecule has 0 aromatic rings. The van der Waals surface area contributed by atoms with E-state index in [1.54, 1.807) is 4.47 Å². The summed E-state index contributed by atoms with van der Waals surface area (Å²) in [4.78, 5) is 9.08. The van der Waals surface area contributed by atoms with E-state index in [0.717, 1.165) is 0 Å². The normalized spacial score (nSPS) is 5.25. The molecule has 0 aromatic carbocycles. The van der Waals surface area contributed by atoms with Crippen molar-refractivity contribution in [1.29, 1.82) is 0 Å². The van der Waals surface area contributed by atoms with Crippen molar-refractivity contribution in [3.63, 3.8) is 0 Å². The van der Waals surface area contributed by atoms with Gasteiger partial charge in [0, 0.05) is 0 Å². The van der Waals surface area contributed by atoms with Crippen molar-refractivity contribution in [2.45, 2.75) is 0 Å². The zero-order valence-electron chi connectivity index (χ0n) is 1.64. The summed E-state index contributed by atoms with van der Waals surface area (Å²) in [7, 11) is 0. The van der Waals surface area contributed by atoms with Crippen molar-refractivity contribution >= 4 is 24.2 Å². The quantitative estimate of drug-likeness (QED) is 0.455. The molecule has 1 nitrogen and oxygen atoms in total. The first-order valence-corrected chi connectivity index (χ1v) is 6.55. The third kappa shape index (κ3) is 2.93. The predicted octanol–water partition coefficient (Wildman–Crippen LogP) is 0.486. The van der Waals surface area contributed by atoms with Crippen LogP contribution in [0.3, 0.4) is 0 Å². The van der Waals surface area contributed by atoms with Gasteiger partial charge in [0.2, 0.25) is 0 Å². The molecule has 0 heterocycles. The van der Waals surface area contributed by atoms with E-state index >= 15 is 0 Å². The van der Waals surface area contributed by atoms with Gasteiger partial charge in [-0.25, -0.2) is 0 Å². The molecule has 25 valence electrons. The molecule has 0 rings (SSSR count). The summed E-state index contributed by atoms with van der Waals surface area (Å²) >= 11 is 1.92. The van der Waals surface area contributed by atoms with Crippen LogP contribution >= 0.6 is 19.8 Å². The molecular formula is CIORu. The van der Waals surface area contributed by atoms with Crippen LogP contribution in [0, 0.1) is 0 Å². The second-order valence-electron chi connectivity index (χ2n) is 0.139. The van der Waals surface area contributed by atoms with Gasteiger partial charge in [0.1, 0.15) is 0 Å². The molecule has 0 unspecified atom stereocenters. The average Bonchev–Trinajstić information content (AvgIpc) is 1.37. The Balaban J connectivity index is 3.11. The first-order chi connectivity index (χ1) is 1.91. The van der Waals surface area contributed by atoms with Gasteiger partial charge in [0.05, 0.1) is 0 Å². The van der Waals surface area contributed by atoms with E-state index in [2.05, 4.69) is 0 Å². The monoisotopic (exact) mass is 257 g/mol. The van der Waals surface area contributed by atoms with E-state index in [1.807, 2.05) is 19.8 Å². The van der Waals surface area contributed by atoms with E-state index in [1.165, 1.54) is 0 Å². The van der Waals surface area contributed by atoms with Gasteiger partial charge in [0.15, 0.2) is 0 Å². The van der Waals surface area contributed by atoms with Crippen LogP contribution in [0.1, 0.15) is 0 Å². The number of hydrogen-bond acceptors (Lipinski definition) is 1. The van der Waals surface area contributed by atoms with Crippen LogP contribution in [0.25, 0.3) is 0 Å². The van der Waals surface area contributed by atoms with Gasteiger partial charge in [-0.15, -0.1) is 0 Å². The maximum atomic E-state index is 9.08. The van der Waals surface area contributed by atoms with Crippen molar-refractivity contribution in [3.8, 4) is 0 Å². The molecule has 0 aromatic heterocycles. The Labute approximate surface area is 42.1 Å². The fourth-order valence-corrected chi connectivity index (χ4v) is 0. The first kappa shape index (κ1) is 4.93. The van der Waals surface area contributed by atoms with Gasteiger partial charge in [-0.2, -0.15) is 0 Å². The van der Waals surface area contributed by atoms with Crippen LogP contribution in [-0.4, -0.2) is 4.47 Å². The van der Waals surface area contributed by atoms with Crippen LogP contribution in [0.15, 0.2) is 0 Å². The molecule has 4 heavy (non-hydrogen) atoms. The fourth-order valence-electron chi connectivity index (χ4n) is 0. The Morgan fingerprint density at radius 1 is 2.00 bits per heavy atom. The van der Waals surface area contributed by atoms with Gasteiger partial charge in [0.25, 0.3) is 0 Å². The molecule has 0 aliphatic heterocycles. The molecular weight excluding hydrogens is 256 g/mol. The fraction of sp³-hybridized carbons (Fsp3) is 0. The Morgan fingerprint density at radius 2 is 2.25 bits per heavy atom. The molecule has 0 saturated carbocycles. The van der Waals surface area contributed by atoms with Gasteiger partial charge < -0.3 is 0 Å². The number of hydrogen-bond donors (Lipinski definition) is 0. The molecule has 0 saturated heterocycles. The molecule has 3 heteroatoms. The third-order valence-electron chi connectivity index (χ3n) is 0.0273. The number of rotatable bonds is 0. The number of halogens is 1. The van der Waals surface area contributed by atoms with E-state index in [0.29, 0.717) is 0 Å². The van der Waals surface area contributed by atoms with Crippen molar-refractivity contribution in [2.75, 3.05) is 0 Å². The minimum absolute atomic E-state index is 0.0961. The maximum absolute atomic E-state index is 9.08. The summed E-state index contributed by atoms with van der Waals surface area (Å²) in [6.45, 7) is 0. The zero-order valence-corrected chi connectivity index (χ0v) is 5.54. The van der Waals surface area contributed by atoms with Gasteiger partial charge in [-0.1, -0.05) is 0 Å². The summed E-state index contributed by atoms with van der Waals surface area (Å²) in [5.74, 6) is 0. The predicted molar refractivity (Wildman–Crippen MR) is 19.7 cm³/mol. The van der Waals surface area contributed by atoms with Crippen LogP contribution < -0.4 is 0 Å². The summed E-state index contributed by atoms with van der Waals surface area (Å²) in [5.41, 5.74) is 0. The van der Waals surface area contributed by atoms with Crippen LogP contribution in [0.5, 0.6) is 0 Å². The van der Waals surface area contributed by atoms with Crippen molar-refractivity contribution in [3.05, 3.63) is 0 Å². The summed E-state index contributed by atoms with van der Waals surface area (Å²) < 4.78 is 1.76. The molecule has 0 N–H and O–H groups in total. The molecule has 0 bridgehead atoms.